The predicted octanol–water partition coefficient (Wildman–Crippen LogP) is 3.16. The molecule has 166 valence electrons. The number of nitrogens with one attached hydrogen (secondary N) is 2. The third-order valence-electron chi connectivity index (χ3n) is 3.76. The molecule has 2 rings (SSSR count). The summed E-state index contributed by atoms with van der Waals surface area (Å²) in [4.78, 5) is 17.5. The van der Waals surface area contributed by atoms with Crippen molar-refractivity contribution < 1.29 is 27.1 Å². The highest BCUT2D eigenvalue weighted by Gasteiger charge is 2.31. The van der Waals surface area contributed by atoms with Crippen molar-refractivity contribution >= 4 is 35.8 Å². The van der Waals surface area contributed by atoms with Gasteiger partial charge in [0.25, 0.3) is 0 Å². The Bertz CT molecular complexity index is 812. The fraction of sp³-hybridized carbons (Fsp3) is 0.368. The van der Waals surface area contributed by atoms with E-state index < -0.39 is 6.36 Å². The standard InChI is InChI=1S/C19H23F3N4O3.HI/c1-26(2)17(27)13-25-18(23-10-9-15-7-5-11-28-15)24-12-14-6-3-4-8-16(14)29-19(20,21)22;/h3-8,11H,9-10,12-13H2,1-2H3,(H2,23,24,25);1H. The Morgan fingerprint density at radius 2 is 1.90 bits per heavy atom. The maximum absolute atomic E-state index is 12.6. The third-order valence-corrected chi connectivity index (χ3v) is 3.76. The molecule has 11 heteroatoms. The van der Waals surface area contributed by atoms with Crippen molar-refractivity contribution in [2.24, 2.45) is 4.99 Å². The summed E-state index contributed by atoms with van der Waals surface area (Å²) in [5, 5.41) is 5.91. The molecule has 0 bridgehead atoms. The molecule has 2 aromatic rings. The van der Waals surface area contributed by atoms with Gasteiger partial charge in [0.05, 0.1) is 19.4 Å². The summed E-state index contributed by atoms with van der Waals surface area (Å²) in [5.74, 6) is 0.563. The van der Waals surface area contributed by atoms with Gasteiger partial charge in [-0.15, -0.1) is 37.1 Å². The number of amides is 1. The summed E-state index contributed by atoms with van der Waals surface area (Å²) in [6.45, 7) is 0.370. The van der Waals surface area contributed by atoms with Crippen LogP contribution in [0.25, 0.3) is 0 Å². The number of carbonyl (C=O) groups excluding carboxylic acids is 1. The lowest BCUT2D eigenvalue weighted by atomic mass is 10.2. The molecule has 1 aromatic heterocycles. The van der Waals surface area contributed by atoms with Crippen LogP contribution in [-0.2, 0) is 17.8 Å². The van der Waals surface area contributed by atoms with E-state index in [0.29, 0.717) is 13.0 Å². The molecular weight excluding hydrogens is 516 g/mol. The number of ether oxygens (including phenoxy) is 1. The Kier molecular flexibility index (Phi) is 10.5. The minimum Gasteiger partial charge on any atom is -0.469 e. The number of carbonyl (C=O) groups is 1. The molecule has 1 amide bonds. The van der Waals surface area contributed by atoms with E-state index in [1.165, 1.54) is 23.1 Å². The number of guanidine groups is 1. The molecule has 0 radical (unpaired) electrons. The number of rotatable bonds is 8. The van der Waals surface area contributed by atoms with Crippen LogP contribution in [0.4, 0.5) is 13.2 Å². The number of nitrogens with zero attached hydrogens (tertiary/aromatic N) is 2. The van der Waals surface area contributed by atoms with Crippen LogP contribution >= 0.6 is 24.0 Å². The molecular formula is C19H24F3IN4O3. The molecule has 7 nitrogen and oxygen atoms in total. The molecule has 0 aliphatic rings. The second-order valence-corrected chi connectivity index (χ2v) is 6.22. The van der Waals surface area contributed by atoms with Crippen LogP contribution in [-0.4, -0.2) is 50.3 Å². The molecule has 0 aliphatic carbocycles. The maximum Gasteiger partial charge on any atom is 0.573 e. The van der Waals surface area contributed by atoms with Crippen molar-refractivity contribution in [2.75, 3.05) is 27.2 Å². The van der Waals surface area contributed by atoms with Gasteiger partial charge in [0.15, 0.2) is 5.96 Å². The minimum atomic E-state index is -4.79. The zero-order chi connectivity index (χ0) is 21.3. The quantitative estimate of drug-likeness (QED) is 0.306. The highest BCUT2D eigenvalue weighted by molar-refractivity contribution is 14.0. The molecule has 30 heavy (non-hydrogen) atoms. The number of aliphatic imine (C=N–C) groups is 1. The zero-order valence-electron chi connectivity index (χ0n) is 16.5. The number of alkyl halides is 3. The monoisotopic (exact) mass is 540 g/mol. The number of benzene rings is 1. The summed E-state index contributed by atoms with van der Waals surface area (Å²) in [6.07, 6.45) is -2.65. The maximum atomic E-state index is 12.6. The van der Waals surface area contributed by atoms with Crippen LogP contribution < -0.4 is 15.4 Å². The Morgan fingerprint density at radius 1 is 1.17 bits per heavy atom. The van der Waals surface area contributed by atoms with Crippen LogP contribution in [0.2, 0.25) is 0 Å². The van der Waals surface area contributed by atoms with Crippen molar-refractivity contribution in [3.8, 4) is 5.75 Å². The van der Waals surface area contributed by atoms with Crippen LogP contribution in [0.15, 0.2) is 52.1 Å². The number of halogens is 4. The molecule has 1 heterocycles. The molecule has 0 unspecified atom stereocenters. The first-order valence-electron chi connectivity index (χ1n) is 8.83. The highest BCUT2D eigenvalue weighted by Crippen LogP contribution is 2.26. The van der Waals surface area contributed by atoms with Gasteiger partial charge in [0, 0.05) is 32.6 Å². The largest absolute Gasteiger partial charge is 0.573 e. The summed E-state index contributed by atoms with van der Waals surface area (Å²) >= 11 is 0. The van der Waals surface area contributed by atoms with Crippen LogP contribution in [0.5, 0.6) is 5.75 Å². The number of para-hydroxylation sites is 1. The molecule has 0 saturated carbocycles. The minimum absolute atomic E-state index is 0. The van der Waals surface area contributed by atoms with E-state index >= 15 is 0 Å². The molecule has 0 atom stereocenters. The van der Waals surface area contributed by atoms with Crippen LogP contribution in [0.3, 0.4) is 0 Å². The van der Waals surface area contributed by atoms with Crippen molar-refractivity contribution in [3.63, 3.8) is 0 Å². The summed E-state index contributed by atoms with van der Waals surface area (Å²) in [6, 6.07) is 9.37. The van der Waals surface area contributed by atoms with Gasteiger partial charge in [0.1, 0.15) is 11.5 Å². The van der Waals surface area contributed by atoms with Crippen molar-refractivity contribution in [3.05, 3.63) is 54.0 Å². The lowest BCUT2D eigenvalue weighted by molar-refractivity contribution is -0.274. The highest BCUT2D eigenvalue weighted by atomic mass is 127. The summed E-state index contributed by atoms with van der Waals surface area (Å²) in [5.41, 5.74) is 0.260. The van der Waals surface area contributed by atoms with E-state index in [1.807, 2.05) is 6.07 Å². The Labute approximate surface area is 189 Å². The number of hydrogen-bond acceptors (Lipinski definition) is 4. The summed E-state index contributed by atoms with van der Waals surface area (Å²) < 4.78 is 47.0. The fourth-order valence-corrected chi connectivity index (χ4v) is 2.27. The first-order chi connectivity index (χ1) is 13.7. The second kappa shape index (κ2) is 12.3. The van der Waals surface area contributed by atoms with E-state index in [2.05, 4.69) is 20.4 Å². The topological polar surface area (TPSA) is 79.1 Å². The van der Waals surface area contributed by atoms with Gasteiger partial charge in [-0.05, 0) is 18.2 Å². The second-order valence-electron chi connectivity index (χ2n) is 6.22. The van der Waals surface area contributed by atoms with Gasteiger partial charge in [-0.2, -0.15) is 0 Å². The van der Waals surface area contributed by atoms with E-state index in [-0.39, 0.29) is 60.2 Å². The van der Waals surface area contributed by atoms with Crippen molar-refractivity contribution in [1.29, 1.82) is 0 Å². The van der Waals surface area contributed by atoms with Crippen molar-refractivity contribution in [2.45, 2.75) is 19.3 Å². The van der Waals surface area contributed by atoms with E-state index in [1.54, 1.807) is 32.5 Å². The van der Waals surface area contributed by atoms with Gasteiger partial charge in [0.2, 0.25) is 5.91 Å². The Morgan fingerprint density at radius 3 is 2.53 bits per heavy atom. The lowest BCUT2D eigenvalue weighted by Gasteiger charge is -2.15. The van der Waals surface area contributed by atoms with Gasteiger partial charge >= 0.3 is 6.36 Å². The number of likely N-dealkylation sites (N-methyl/N-ethyl adjacent to an activating group) is 1. The average molecular weight is 540 g/mol. The smallest absolute Gasteiger partial charge is 0.469 e. The molecule has 1 aromatic carbocycles. The van der Waals surface area contributed by atoms with Gasteiger partial charge in [-0.3, -0.25) is 4.79 Å². The molecule has 0 fully saturated rings. The lowest BCUT2D eigenvalue weighted by Crippen LogP contribution is -2.43. The van der Waals surface area contributed by atoms with E-state index in [0.717, 1.165) is 5.76 Å². The summed E-state index contributed by atoms with van der Waals surface area (Å²) in [7, 11) is 3.24. The Hall–Kier alpha value is -2.44. The predicted molar refractivity (Wildman–Crippen MR) is 117 cm³/mol. The van der Waals surface area contributed by atoms with Gasteiger partial charge in [-0.25, -0.2) is 4.99 Å². The van der Waals surface area contributed by atoms with Gasteiger partial charge < -0.3 is 24.7 Å². The fourth-order valence-electron chi connectivity index (χ4n) is 2.27. The van der Waals surface area contributed by atoms with Crippen LogP contribution in [0.1, 0.15) is 11.3 Å². The number of furan rings is 1. The molecule has 0 aliphatic heterocycles. The Balaban J connectivity index is 0.00000450. The average Bonchev–Trinajstić information content (AvgIpc) is 3.16. The van der Waals surface area contributed by atoms with Crippen molar-refractivity contribution in [1.82, 2.24) is 15.5 Å². The number of hydrogen-bond donors (Lipinski definition) is 2. The zero-order valence-corrected chi connectivity index (χ0v) is 18.9. The van der Waals surface area contributed by atoms with Gasteiger partial charge in [-0.1, -0.05) is 18.2 Å². The molecule has 2 N–H and O–H groups in total. The van der Waals surface area contributed by atoms with E-state index in [4.69, 9.17) is 4.42 Å². The SMILES string of the molecule is CN(C)C(=O)CNC(=NCc1ccccc1OC(F)(F)F)NCCc1ccco1.I. The van der Waals surface area contributed by atoms with E-state index in [9.17, 15) is 18.0 Å². The molecule has 0 saturated heterocycles. The van der Waals surface area contributed by atoms with Crippen LogP contribution in [0, 0.1) is 0 Å². The third kappa shape index (κ3) is 9.37. The first-order valence-corrected chi connectivity index (χ1v) is 8.83. The molecule has 0 spiro atoms. The first kappa shape index (κ1) is 25.6. The normalized spacial score (nSPS) is 11.4.